The van der Waals surface area contributed by atoms with E-state index in [0.29, 0.717) is 12.8 Å². The summed E-state index contributed by atoms with van der Waals surface area (Å²) < 4.78 is 4.45. The largest absolute Gasteiger partial charge is 0.469 e. The van der Waals surface area contributed by atoms with Crippen LogP contribution in [0.25, 0.3) is 0 Å². The molecule has 0 aliphatic carbocycles. The molecular weight excluding hydrogens is 180 g/mol. The number of carbonyl (C=O) groups excluding carboxylic acids is 2. The summed E-state index contributed by atoms with van der Waals surface area (Å²) in [4.78, 5) is 20.9. The molecule has 0 aromatic rings. The van der Waals surface area contributed by atoms with Crippen LogP contribution in [-0.4, -0.2) is 18.3 Å². The third-order valence-corrected chi connectivity index (χ3v) is 1.67. The third kappa shape index (κ3) is 7.54. The van der Waals surface area contributed by atoms with Crippen LogP contribution in [0.5, 0.6) is 0 Å². The standard InChI is InChI=1S/C8H13ClO3/c1-12-8(11)6-4-2-3-5-7(9)10/h2-6H2,1H3. The Morgan fingerprint density at radius 1 is 1.17 bits per heavy atom. The van der Waals surface area contributed by atoms with Crippen LogP contribution in [-0.2, 0) is 14.3 Å². The fraction of sp³-hybridized carbons (Fsp3) is 0.750. The highest BCUT2D eigenvalue weighted by Crippen LogP contribution is 2.05. The summed E-state index contributed by atoms with van der Waals surface area (Å²) in [7, 11) is 1.37. The Hall–Kier alpha value is -0.570. The molecule has 0 aliphatic rings. The van der Waals surface area contributed by atoms with Gasteiger partial charge < -0.3 is 4.74 Å². The van der Waals surface area contributed by atoms with Crippen molar-refractivity contribution in [1.29, 1.82) is 0 Å². The molecule has 0 N–H and O–H groups in total. The molecule has 0 heterocycles. The van der Waals surface area contributed by atoms with E-state index in [0.717, 1.165) is 19.3 Å². The lowest BCUT2D eigenvalue weighted by Crippen LogP contribution is -1.99. The van der Waals surface area contributed by atoms with Crippen molar-refractivity contribution in [2.45, 2.75) is 32.1 Å². The Kier molecular flexibility index (Phi) is 6.76. The van der Waals surface area contributed by atoms with Gasteiger partial charge in [-0.3, -0.25) is 9.59 Å². The summed E-state index contributed by atoms with van der Waals surface area (Å²) in [5, 5.41) is -0.312. The number of carbonyl (C=O) groups is 2. The molecule has 0 radical (unpaired) electrons. The monoisotopic (exact) mass is 192 g/mol. The first-order chi connectivity index (χ1) is 5.66. The van der Waals surface area contributed by atoms with Gasteiger partial charge in [-0.2, -0.15) is 0 Å². The minimum atomic E-state index is -0.312. The molecule has 0 saturated heterocycles. The number of hydrogen-bond acceptors (Lipinski definition) is 3. The first-order valence-electron chi connectivity index (χ1n) is 3.92. The second-order valence-corrected chi connectivity index (χ2v) is 2.91. The van der Waals surface area contributed by atoms with E-state index in [4.69, 9.17) is 11.6 Å². The van der Waals surface area contributed by atoms with Crippen molar-refractivity contribution in [3.8, 4) is 0 Å². The van der Waals surface area contributed by atoms with Crippen molar-refractivity contribution in [2.24, 2.45) is 0 Å². The molecule has 0 saturated carbocycles. The number of esters is 1. The lowest BCUT2D eigenvalue weighted by molar-refractivity contribution is -0.140. The minimum absolute atomic E-state index is 0.202. The van der Waals surface area contributed by atoms with Gasteiger partial charge >= 0.3 is 5.97 Å². The second kappa shape index (κ2) is 7.10. The fourth-order valence-corrected chi connectivity index (χ4v) is 0.946. The highest BCUT2D eigenvalue weighted by Gasteiger charge is 2.00. The molecule has 0 spiro atoms. The van der Waals surface area contributed by atoms with Crippen LogP contribution >= 0.6 is 11.6 Å². The predicted octanol–water partition coefficient (Wildman–Crippen LogP) is 1.88. The van der Waals surface area contributed by atoms with Crippen molar-refractivity contribution in [2.75, 3.05) is 7.11 Å². The molecule has 4 heteroatoms. The zero-order valence-electron chi connectivity index (χ0n) is 7.14. The lowest BCUT2D eigenvalue weighted by Gasteiger charge is -1.97. The maximum atomic E-state index is 10.6. The fourth-order valence-electron chi connectivity index (χ4n) is 0.812. The number of unbranched alkanes of at least 4 members (excludes halogenated alkanes) is 2. The Morgan fingerprint density at radius 2 is 1.75 bits per heavy atom. The van der Waals surface area contributed by atoms with Crippen molar-refractivity contribution in [3.63, 3.8) is 0 Å². The molecule has 3 nitrogen and oxygen atoms in total. The molecule has 0 fully saturated rings. The summed E-state index contributed by atoms with van der Waals surface area (Å²) in [6, 6.07) is 0. The van der Waals surface area contributed by atoms with Gasteiger partial charge in [0.1, 0.15) is 0 Å². The van der Waals surface area contributed by atoms with Gasteiger partial charge in [-0.15, -0.1) is 0 Å². The zero-order chi connectivity index (χ0) is 9.40. The number of ether oxygens (including phenoxy) is 1. The minimum Gasteiger partial charge on any atom is -0.469 e. The van der Waals surface area contributed by atoms with Gasteiger partial charge in [0, 0.05) is 12.8 Å². The maximum absolute atomic E-state index is 10.6. The Bertz CT molecular complexity index is 156. The summed E-state index contributed by atoms with van der Waals surface area (Å²) in [6.45, 7) is 0. The Balaban J connectivity index is 3.11. The molecule has 70 valence electrons. The molecule has 12 heavy (non-hydrogen) atoms. The number of halogens is 1. The summed E-state index contributed by atoms with van der Waals surface area (Å²) in [6.07, 6.45) is 3.17. The first-order valence-corrected chi connectivity index (χ1v) is 4.29. The summed E-state index contributed by atoms with van der Waals surface area (Å²) in [5.74, 6) is -0.202. The van der Waals surface area contributed by atoms with Gasteiger partial charge in [-0.1, -0.05) is 6.42 Å². The molecule has 0 rings (SSSR count). The van der Waals surface area contributed by atoms with E-state index in [1.54, 1.807) is 0 Å². The first kappa shape index (κ1) is 11.4. The molecular formula is C8H13ClO3. The van der Waals surface area contributed by atoms with Crippen LogP contribution in [0, 0.1) is 0 Å². The molecule has 0 unspecified atom stereocenters. The van der Waals surface area contributed by atoms with Crippen molar-refractivity contribution in [3.05, 3.63) is 0 Å². The SMILES string of the molecule is COC(=O)CCCCCC(=O)Cl. The number of methoxy groups -OCH3 is 1. The quantitative estimate of drug-likeness (QED) is 0.367. The van der Waals surface area contributed by atoms with Gasteiger partial charge in [0.25, 0.3) is 0 Å². The highest BCUT2D eigenvalue weighted by atomic mass is 35.5. The second-order valence-electron chi connectivity index (χ2n) is 2.49. The normalized spacial score (nSPS) is 9.50. The van der Waals surface area contributed by atoms with Crippen LogP contribution < -0.4 is 0 Å². The van der Waals surface area contributed by atoms with Gasteiger partial charge in [-0.25, -0.2) is 0 Å². The van der Waals surface area contributed by atoms with Crippen LogP contribution in [0.3, 0.4) is 0 Å². The molecule has 0 aliphatic heterocycles. The van der Waals surface area contributed by atoms with Crippen molar-refractivity contribution in [1.82, 2.24) is 0 Å². The van der Waals surface area contributed by atoms with Crippen molar-refractivity contribution < 1.29 is 14.3 Å². The van der Waals surface area contributed by atoms with E-state index >= 15 is 0 Å². The molecule has 0 atom stereocenters. The van der Waals surface area contributed by atoms with Crippen LogP contribution in [0.1, 0.15) is 32.1 Å². The molecule has 0 bridgehead atoms. The molecule has 0 aromatic carbocycles. The van der Waals surface area contributed by atoms with Gasteiger partial charge in [0.05, 0.1) is 7.11 Å². The summed E-state index contributed by atoms with van der Waals surface area (Å²) >= 11 is 5.12. The van der Waals surface area contributed by atoms with Gasteiger partial charge in [-0.05, 0) is 24.4 Å². The highest BCUT2D eigenvalue weighted by molar-refractivity contribution is 6.63. The van der Waals surface area contributed by atoms with E-state index in [9.17, 15) is 9.59 Å². The lowest BCUT2D eigenvalue weighted by atomic mass is 10.1. The predicted molar refractivity (Wildman–Crippen MR) is 46.0 cm³/mol. The van der Waals surface area contributed by atoms with E-state index in [-0.39, 0.29) is 11.2 Å². The number of rotatable bonds is 6. The Labute approximate surface area is 77.0 Å². The molecule has 0 amide bonds. The van der Waals surface area contributed by atoms with E-state index < -0.39 is 0 Å². The van der Waals surface area contributed by atoms with E-state index in [1.807, 2.05) is 0 Å². The summed E-state index contributed by atoms with van der Waals surface area (Å²) in [5.41, 5.74) is 0. The van der Waals surface area contributed by atoms with E-state index in [1.165, 1.54) is 7.11 Å². The van der Waals surface area contributed by atoms with Crippen molar-refractivity contribution >= 4 is 22.8 Å². The van der Waals surface area contributed by atoms with Crippen LogP contribution in [0.4, 0.5) is 0 Å². The smallest absolute Gasteiger partial charge is 0.305 e. The van der Waals surface area contributed by atoms with Gasteiger partial charge in [0.15, 0.2) is 0 Å². The third-order valence-electron chi connectivity index (χ3n) is 1.48. The topological polar surface area (TPSA) is 43.4 Å². The average molecular weight is 193 g/mol. The average Bonchev–Trinajstić information content (AvgIpc) is 2.03. The maximum Gasteiger partial charge on any atom is 0.305 e. The van der Waals surface area contributed by atoms with E-state index in [2.05, 4.69) is 4.74 Å². The van der Waals surface area contributed by atoms with Crippen LogP contribution in [0.2, 0.25) is 0 Å². The number of hydrogen-bond donors (Lipinski definition) is 0. The van der Waals surface area contributed by atoms with Gasteiger partial charge in [0.2, 0.25) is 5.24 Å². The Morgan fingerprint density at radius 3 is 2.25 bits per heavy atom. The molecule has 0 aromatic heterocycles. The zero-order valence-corrected chi connectivity index (χ0v) is 7.89. The van der Waals surface area contributed by atoms with Crippen LogP contribution in [0.15, 0.2) is 0 Å².